The standard InChI is InChI=1S/C23H25ClN4O3S/c1-16(22-25-26-23(31-22)19-6-3-7-20(24)14-19)27-10-12-28(13-11-27)32(29,30)21-9-8-17-4-2-5-18(17)15-21/h3,6-9,14-16H,2,4-5,10-13H2,1H3/t16-/m1/s1. The van der Waals surface area contributed by atoms with Crippen molar-refractivity contribution in [3.05, 3.63) is 64.5 Å². The Bertz CT molecular complexity index is 1240. The lowest BCUT2D eigenvalue weighted by Crippen LogP contribution is -2.49. The van der Waals surface area contributed by atoms with Crippen LogP contribution < -0.4 is 0 Å². The van der Waals surface area contributed by atoms with E-state index in [4.69, 9.17) is 16.0 Å². The van der Waals surface area contributed by atoms with Gasteiger partial charge in [0.15, 0.2) is 0 Å². The van der Waals surface area contributed by atoms with Gasteiger partial charge in [0, 0.05) is 36.8 Å². The average molecular weight is 473 g/mol. The summed E-state index contributed by atoms with van der Waals surface area (Å²) in [5, 5.41) is 8.98. The molecule has 3 aromatic rings. The molecule has 1 saturated heterocycles. The van der Waals surface area contributed by atoms with Gasteiger partial charge in [0.2, 0.25) is 21.8 Å². The van der Waals surface area contributed by atoms with Crippen LogP contribution in [0.25, 0.3) is 11.5 Å². The molecule has 0 saturated carbocycles. The van der Waals surface area contributed by atoms with E-state index in [1.54, 1.807) is 22.5 Å². The highest BCUT2D eigenvalue weighted by molar-refractivity contribution is 7.89. The summed E-state index contributed by atoms with van der Waals surface area (Å²) in [5.41, 5.74) is 3.22. The van der Waals surface area contributed by atoms with Crippen molar-refractivity contribution in [3.8, 4) is 11.5 Å². The molecule has 0 N–H and O–H groups in total. The molecule has 0 bridgehead atoms. The molecule has 1 atom stereocenters. The Morgan fingerprint density at radius 3 is 2.56 bits per heavy atom. The van der Waals surface area contributed by atoms with E-state index in [9.17, 15) is 8.42 Å². The number of halogens is 1. The molecular weight excluding hydrogens is 448 g/mol. The zero-order chi connectivity index (χ0) is 22.3. The summed E-state index contributed by atoms with van der Waals surface area (Å²) >= 11 is 6.06. The highest BCUT2D eigenvalue weighted by atomic mass is 35.5. The Morgan fingerprint density at radius 1 is 1.00 bits per heavy atom. The smallest absolute Gasteiger partial charge is 0.247 e. The molecule has 0 unspecified atom stereocenters. The third-order valence-corrected chi connectivity index (χ3v) is 8.53. The third-order valence-electron chi connectivity index (χ3n) is 6.40. The molecule has 0 spiro atoms. The molecule has 32 heavy (non-hydrogen) atoms. The lowest BCUT2D eigenvalue weighted by molar-refractivity contribution is 0.129. The molecule has 2 heterocycles. The van der Waals surface area contributed by atoms with E-state index in [0.717, 1.165) is 24.8 Å². The molecule has 0 radical (unpaired) electrons. The topological polar surface area (TPSA) is 79.5 Å². The lowest BCUT2D eigenvalue weighted by Gasteiger charge is -2.36. The Balaban J connectivity index is 1.25. The second-order valence-electron chi connectivity index (χ2n) is 8.36. The Kier molecular flexibility index (Phi) is 5.79. The first-order chi connectivity index (χ1) is 15.4. The van der Waals surface area contributed by atoms with Gasteiger partial charge in [-0.25, -0.2) is 8.42 Å². The van der Waals surface area contributed by atoms with E-state index in [1.165, 1.54) is 11.1 Å². The molecule has 2 aromatic carbocycles. The van der Waals surface area contributed by atoms with E-state index in [1.807, 2.05) is 31.2 Å². The lowest BCUT2D eigenvalue weighted by atomic mass is 10.1. The number of hydrogen-bond donors (Lipinski definition) is 0. The van der Waals surface area contributed by atoms with E-state index in [0.29, 0.717) is 47.9 Å². The maximum Gasteiger partial charge on any atom is 0.247 e. The van der Waals surface area contributed by atoms with Gasteiger partial charge in [-0.1, -0.05) is 23.7 Å². The van der Waals surface area contributed by atoms with Gasteiger partial charge in [-0.05, 0) is 67.6 Å². The number of aromatic nitrogens is 2. The molecule has 0 amide bonds. The van der Waals surface area contributed by atoms with Crippen molar-refractivity contribution in [3.63, 3.8) is 0 Å². The molecule has 1 aliphatic heterocycles. The monoisotopic (exact) mass is 472 g/mol. The predicted molar refractivity (Wildman–Crippen MR) is 122 cm³/mol. The van der Waals surface area contributed by atoms with Gasteiger partial charge in [-0.2, -0.15) is 4.31 Å². The largest absolute Gasteiger partial charge is 0.419 e. The van der Waals surface area contributed by atoms with Crippen LogP contribution in [0.15, 0.2) is 51.8 Å². The number of rotatable bonds is 5. The minimum atomic E-state index is -3.49. The van der Waals surface area contributed by atoms with Crippen molar-refractivity contribution in [1.82, 2.24) is 19.4 Å². The first kappa shape index (κ1) is 21.6. The van der Waals surface area contributed by atoms with Crippen molar-refractivity contribution >= 4 is 21.6 Å². The average Bonchev–Trinajstić information content (AvgIpc) is 3.48. The zero-order valence-corrected chi connectivity index (χ0v) is 19.4. The zero-order valence-electron chi connectivity index (χ0n) is 17.9. The summed E-state index contributed by atoms with van der Waals surface area (Å²) in [6.07, 6.45) is 3.11. The minimum absolute atomic E-state index is 0.111. The summed E-state index contributed by atoms with van der Waals surface area (Å²) in [7, 11) is -3.49. The molecule has 9 heteroatoms. The first-order valence-electron chi connectivity index (χ1n) is 10.9. The van der Waals surface area contributed by atoms with Gasteiger partial charge >= 0.3 is 0 Å². The van der Waals surface area contributed by atoms with Gasteiger partial charge in [0.25, 0.3) is 0 Å². The number of nitrogens with zero attached hydrogens (tertiary/aromatic N) is 4. The molecule has 1 fully saturated rings. The van der Waals surface area contributed by atoms with Crippen LogP contribution >= 0.6 is 11.6 Å². The number of sulfonamides is 1. The van der Waals surface area contributed by atoms with Crippen LogP contribution in [-0.4, -0.2) is 54.0 Å². The summed E-state index contributed by atoms with van der Waals surface area (Å²) in [5.74, 6) is 0.932. The number of aryl methyl sites for hydroxylation is 2. The quantitative estimate of drug-likeness (QED) is 0.559. The van der Waals surface area contributed by atoms with Crippen LogP contribution in [0, 0.1) is 0 Å². The summed E-state index contributed by atoms with van der Waals surface area (Å²) in [6.45, 7) is 4.05. The molecular formula is C23H25ClN4O3S. The number of benzene rings is 2. The normalized spacial score (nSPS) is 18.6. The second kappa shape index (κ2) is 8.59. The van der Waals surface area contributed by atoms with Crippen LogP contribution in [0.5, 0.6) is 0 Å². The Hall–Kier alpha value is -2.26. The SMILES string of the molecule is C[C@H](c1nnc(-c2cccc(Cl)c2)o1)N1CCN(S(=O)(=O)c2ccc3c(c2)CCC3)CC1. The van der Waals surface area contributed by atoms with Crippen molar-refractivity contribution in [2.24, 2.45) is 0 Å². The van der Waals surface area contributed by atoms with Gasteiger partial charge in [-0.15, -0.1) is 10.2 Å². The highest BCUT2D eigenvalue weighted by Crippen LogP contribution is 2.29. The summed E-state index contributed by atoms with van der Waals surface area (Å²) in [6, 6.07) is 12.8. The Labute approximate surface area is 193 Å². The van der Waals surface area contributed by atoms with Crippen LogP contribution in [0.3, 0.4) is 0 Å². The van der Waals surface area contributed by atoms with Crippen LogP contribution in [-0.2, 0) is 22.9 Å². The molecule has 7 nitrogen and oxygen atoms in total. The third kappa shape index (κ3) is 4.08. The maximum atomic E-state index is 13.2. The predicted octanol–water partition coefficient (Wildman–Crippen LogP) is 3.95. The van der Waals surface area contributed by atoms with Crippen LogP contribution in [0.2, 0.25) is 5.02 Å². The maximum absolute atomic E-state index is 13.2. The molecule has 1 aliphatic carbocycles. The molecule has 168 valence electrons. The molecule has 1 aromatic heterocycles. The molecule has 5 rings (SSSR count). The van der Waals surface area contributed by atoms with Gasteiger partial charge in [0.1, 0.15) is 0 Å². The van der Waals surface area contributed by atoms with Crippen LogP contribution in [0.1, 0.15) is 36.4 Å². The summed E-state index contributed by atoms with van der Waals surface area (Å²) < 4.78 is 33.8. The second-order valence-corrected chi connectivity index (χ2v) is 10.7. The van der Waals surface area contributed by atoms with Crippen molar-refractivity contribution < 1.29 is 12.8 Å². The van der Waals surface area contributed by atoms with Crippen LogP contribution in [0.4, 0.5) is 0 Å². The van der Waals surface area contributed by atoms with Gasteiger partial charge < -0.3 is 4.42 Å². The Morgan fingerprint density at radius 2 is 1.78 bits per heavy atom. The fraction of sp³-hybridized carbons (Fsp3) is 0.391. The van der Waals surface area contributed by atoms with E-state index in [2.05, 4.69) is 15.1 Å². The fourth-order valence-corrected chi connectivity index (χ4v) is 6.15. The van der Waals surface area contributed by atoms with Crippen molar-refractivity contribution in [1.29, 1.82) is 0 Å². The fourth-order valence-electron chi connectivity index (χ4n) is 4.49. The first-order valence-corrected chi connectivity index (χ1v) is 12.7. The van der Waals surface area contributed by atoms with Gasteiger partial charge in [0.05, 0.1) is 10.9 Å². The minimum Gasteiger partial charge on any atom is -0.419 e. The van der Waals surface area contributed by atoms with Crippen molar-refractivity contribution in [2.45, 2.75) is 37.1 Å². The summed E-state index contributed by atoms with van der Waals surface area (Å²) in [4.78, 5) is 2.58. The van der Waals surface area contributed by atoms with Crippen molar-refractivity contribution in [2.75, 3.05) is 26.2 Å². The van der Waals surface area contributed by atoms with Gasteiger partial charge in [-0.3, -0.25) is 4.90 Å². The highest BCUT2D eigenvalue weighted by Gasteiger charge is 2.32. The number of piperazine rings is 1. The van der Waals surface area contributed by atoms with E-state index in [-0.39, 0.29) is 6.04 Å². The molecule has 2 aliphatic rings. The number of fused-ring (bicyclic) bond motifs is 1. The van der Waals surface area contributed by atoms with E-state index < -0.39 is 10.0 Å². The van der Waals surface area contributed by atoms with E-state index >= 15 is 0 Å². The number of hydrogen-bond acceptors (Lipinski definition) is 6.